The van der Waals surface area contributed by atoms with Gasteiger partial charge in [0, 0.05) is 18.5 Å². The van der Waals surface area contributed by atoms with E-state index in [0.717, 1.165) is 36.0 Å². The normalized spacial score (nSPS) is 13.2. The lowest BCUT2D eigenvalue weighted by Crippen LogP contribution is -2.59. The van der Waals surface area contributed by atoms with E-state index in [-0.39, 0.29) is 18.2 Å². The van der Waals surface area contributed by atoms with Crippen LogP contribution in [-0.4, -0.2) is 46.5 Å². The topological polar surface area (TPSA) is 87.7 Å². The van der Waals surface area contributed by atoms with Gasteiger partial charge in [0.1, 0.15) is 17.7 Å². The fraction of sp³-hybridized carbons (Fsp3) is 0.545. The largest absolute Gasteiger partial charge is 0.444 e. The van der Waals surface area contributed by atoms with Gasteiger partial charge in [0.25, 0.3) is 0 Å². The molecule has 0 aliphatic heterocycles. The second-order valence-corrected chi connectivity index (χ2v) is 11.9. The summed E-state index contributed by atoms with van der Waals surface area (Å²) in [5.41, 5.74) is 1.35. The highest BCUT2D eigenvalue weighted by Crippen LogP contribution is 2.33. The van der Waals surface area contributed by atoms with Crippen LogP contribution in [0, 0.1) is 0 Å². The smallest absolute Gasteiger partial charge is 0.408 e. The van der Waals surface area contributed by atoms with Gasteiger partial charge in [-0.1, -0.05) is 81.8 Å². The molecule has 3 amide bonds. The highest BCUT2D eigenvalue weighted by Gasteiger charge is 2.43. The minimum absolute atomic E-state index is 0.233. The molecular formula is C33H49N3O4. The lowest BCUT2D eigenvalue weighted by molar-refractivity contribution is -0.149. The van der Waals surface area contributed by atoms with E-state index >= 15 is 0 Å². The van der Waals surface area contributed by atoms with E-state index < -0.39 is 29.3 Å². The molecular weight excluding hydrogens is 502 g/mol. The van der Waals surface area contributed by atoms with E-state index in [2.05, 4.69) is 24.5 Å². The molecule has 0 aromatic heterocycles. The number of carbonyl (C=O) groups excluding carboxylic acids is 3. The monoisotopic (exact) mass is 551 g/mol. The van der Waals surface area contributed by atoms with E-state index in [0.29, 0.717) is 13.0 Å². The van der Waals surface area contributed by atoms with Crippen molar-refractivity contribution in [2.45, 2.75) is 111 Å². The van der Waals surface area contributed by atoms with Gasteiger partial charge in [-0.25, -0.2) is 4.79 Å². The van der Waals surface area contributed by atoms with Crippen molar-refractivity contribution < 1.29 is 19.1 Å². The van der Waals surface area contributed by atoms with Crippen molar-refractivity contribution in [1.82, 2.24) is 15.5 Å². The summed E-state index contributed by atoms with van der Waals surface area (Å²) in [4.78, 5) is 43.1. The molecule has 7 heteroatoms. The summed E-state index contributed by atoms with van der Waals surface area (Å²) >= 11 is 0. The van der Waals surface area contributed by atoms with Crippen molar-refractivity contribution in [3.8, 4) is 0 Å². The lowest BCUT2D eigenvalue weighted by atomic mass is 9.90. The fourth-order valence-corrected chi connectivity index (χ4v) is 4.45. The van der Waals surface area contributed by atoms with Crippen LogP contribution in [0.25, 0.3) is 0 Å². The minimum atomic E-state index is -0.941. The van der Waals surface area contributed by atoms with Gasteiger partial charge in [0.2, 0.25) is 11.8 Å². The van der Waals surface area contributed by atoms with E-state index in [1.807, 2.05) is 75.4 Å². The van der Waals surface area contributed by atoms with Crippen LogP contribution in [0.2, 0.25) is 0 Å². The van der Waals surface area contributed by atoms with Crippen molar-refractivity contribution in [1.29, 1.82) is 0 Å². The maximum Gasteiger partial charge on any atom is 0.408 e. The summed E-state index contributed by atoms with van der Waals surface area (Å²) in [6, 6.07) is 15.6. The van der Waals surface area contributed by atoms with Gasteiger partial charge < -0.3 is 20.3 Å². The molecule has 0 radical (unpaired) electrons. The molecule has 2 rings (SSSR count). The van der Waals surface area contributed by atoms with Crippen LogP contribution in [0.1, 0.15) is 97.4 Å². The summed E-state index contributed by atoms with van der Waals surface area (Å²) in [6.45, 7) is 15.9. The Labute approximate surface area is 241 Å². The highest BCUT2D eigenvalue weighted by atomic mass is 16.6. The Bertz CT molecular complexity index is 1090. The number of amides is 3. The van der Waals surface area contributed by atoms with Crippen LogP contribution in [0.5, 0.6) is 0 Å². The number of rotatable bonds is 13. The summed E-state index contributed by atoms with van der Waals surface area (Å²) in [5.74, 6) is -0.569. The van der Waals surface area contributed by atoms with Crippen LogP contribution in [-0.2, 0) is 27.2 Å². The SMILES string of the molecule is CCCCNC(=O)C(c1ccc(CC)cc1)N(C(=O)C(Cc1ccccc1)NC(=O)OC(C)(C)C)C(C)(C)CC. The Hall–Kier alpha value is -3.35. The number of unbranched alkanes of at least 4 members (excludes halogenated alkanes) is 1. The lowest BCUT2D eigenvalue weighted by Gasteiger charge is -2.44. The molecule has 0 heterocycles. The van der Waals surface area contributed by atoms with Crippen LogP contribution in [0.4, 0.5) is 4.79 Å². The maximum absolute atomic E-state index is 14.6. The van der Waals surface area contributed by atoms with E-state index in [9.17, 15) is 14.4 Å². The Morgan fingerprint density at radius 2 is 1.50 bits per heavy atom. The van der Waals surface area contributed by atoms with Crippen LogP contribution in [0.15, 0.2) is 54.6 Å². The molecule has 0 saturated heterocycles. The van der Waals surface area contributed by atoms with E-state index in [1.54, 1.807) is 25.7 Å². The first-order valence-electron chi connectivity index (χ1n) is 14.6. The highest BCUT2D eigenvalue weighted by molar-refractivity contribution is 5.92. The maximum atomic E-state index is 14.6. The van der Waals surface area contributed by atoms with Crippen LogP contribution < -0.4 is 10.6 Å². The van der Waals surface area contributed by atoms with Gasteiger partial charge in [0.05, 0.1) is 0 Å². The second-order valence-electron chi connectivity index (χ2n) is 11.9. The van der Waals surface area contributed by atoms with Gasteiger partial charge in [-0.3, -0.25) is 9.59 Å². The zero-order chi connectivity index (χ0) is 29.9. The summed E-state index contributed by atoms with van der Waals surface area (Å²) in [6.07, 6.45) is 2.85. The molecule has 2 N–H and O–H groups in total. The number of hydrogen-bond acceptors (Lipinski definition) is 4. The molecule has 2 aromatic rings. The third-order valence-corrected chi connectivity index (χ3v) is 7.07. The Morgan fingerprint density at radius 1 is 0.875 bits per heavy atom. The molecule has 0 aliphatic carbocycles. The first-order chi connectivity index (χ1) is 18.8. The molecule has 7 nitrogen and oxygen atoms in total. The average molecular weight is 552 g/mol. The number of nitrogens with zero attached hydrogens (tertiary/aromatic N) is 1. The van der Waals surface area contributed by atoms with E-state index in [1.165, 1.54) is 0 Å². The van der Waals surface area contributed by atoms with Crippen molar-refractivity contribution >= 4 is 17.9 Å². The Morgan fingerprint density at radius 3 is 2.02 bits per heavy atom. The Balaban J connectivity index is 2.62. The number of carbonyl (C=O) groups is 3. The summed E-state index contributed by atoms with van der Waals surface area (Å²) < 4.78 is 5.53. The summed E-state index contributed by atoms with van der Waals surface area (Å²) in [5, 5.41) is 5.89. The predicted molar refractivity (Wildman–Crippen MR) is 161 cm³/mol. The molecule has 220 valence electrons. The Kier molecular flexibility index (Phi) is 12.2. The van der Waals surface area contributed by atoms with Crippen molar-refractivity contribution in [2.24, 2.45) is 0 Å². The molecule has 40 heavy (non-hydrogen) atoms. The number of aryl methyl sites for hydroxylation is 1. The first-order valence-corrected chi connectivity index (χ1v) is 14.6. The van der Waals surface area contributed by atoms with Crippen LogP contribution in [0.3, 0.4) is 0 Å². The van der Waals surface area contributed by atoms with Gasteiger partial charge in [-0.2, -0.15) is 0 Å². The van der Waals surface area contributed by atoms with Crippen molar-refractivity contribution in [3.63, 3.8) is 0 Å². The molecule has 2 unspecified atom stereocenters. The number of hydrogen-bond donors (Lipinski definition) is 2. The average Bonchev–Trinajstić information content (AvgIpc) is 2.90. The fourth-order valence-electron chi connectivity index (χ4n) is 4.45. The zero-order valence-electron chi connectivity index (χ0n) is 25.7. The summed E-state index contributed by atoms with van der Waals surface area (Å²) in [7, 11) is 0. The minimum Gasteiger partial charge on any atom is -0.444 e. The third-order valence-electron chi connectivity index (χ3n) is 7.07. The third kappa shape index (κ3) is 9.68. The van der Waals surface area contributed by atoms with E-state index in [4.69, 9.17) is 4.74 Å². The van der Waals surface area contributed by atoms with Crippen molar-refractivity contribution in [2.75, 3.05) is 6.54 Å². The molecule has 0 spiro atoms. The number of nitrogens with one attached hydrogen (secondary N) is 2. The quantitative estimate of drug-likeness (QED) is 0.284. The molecule has 2 aromatic carbocycles. The predicted octanol–water partition coefficient (Wildman–Crippen LogP) is 6.36. The van der Waals surface area contributed by atoms with Gasteiger partial charge in [0.15, 0.2) is 0 Å². The molecule has 0 bridgehead atoms. The first kappa shape index (κ1) is 32.9. The molecule has 2 atom stereocenters. The van der Waals surface area contributed by atoms with Gasteiger partial charge in [-0.05, 0) is 70.6 Å². The van der Waals surface area contributed by atoms with Gasteiger partial charge >= 0.3 is 6.09 Å². The number of benzene rings is 2. The number of alkyl carbamates (subject to hydrolysis) is 1. The molecule has 0 fully saturated rings. The molecule has 0 saturated carbocycles. The van der Waals surface area contributed by atoms with Crippen molar-refractivity contribution in [3.05, 3.63) is 71.3 Å². The standard InChI is InChI=1S/C33H49N3O4/c1-9-12-22-34-29(37)28(26-20-18-24(10-2)19-21-26)36(33(7,8)11-3)30(38)27(23-25-16-14-13-15-17-25)35-31(39)40-32(4,5)6/h13-21,27-28H,9-12,22-23H2,1-8H3,(H,34,37)(H,35,39). The molecule has 0 aliphatic rings. The zero-order valence-corrected chi connectivity index (χ0v) is 25.7. The van der Waals surface area contributed by atoms with Gasteiger partial charge in [-0.15, -0.1) is 0 Å². The van der Waals surface area contributed by atoms with Crippen LogP contribution >= 0.6 is 0 Å². The number of ether oxygens (including phenoxy) is 1. The second kappa shape index (κ2) is 14.9.